The molecule has 0 aliphatic carbocycles. The number of nitrogens with one attached hydrogen (secondary N) is 1. The molecular formula is C15H18ClN5O. The smallest absolute Gasteiger partial charge is 0.160 e. The van der Waals surface area contributed by atoms with Crippen LogP contribution in [0.25, 0.3) is 10.9 Å². The van der Waals surface area contributed by atoms with Crippen molar-refractivity contribution in [3.8, 4) is 0 Å². The molecule has 1 aromatic carbocycles. The topological polar surface area (TPSA) is 67.9 Å². The predicted octanol–water partition coefficient (Wildman–Crippen LogP) is 2.93. The van der Waals surface area contributed by atoms with Gasteiger partial charge in [-0.05, 0) is 31.5 Å². The summed E-state index contributed by atoms with van der Waals surface area (Å²) in [6.45, 7) is 3.53. The Labute approximate surface area is 133 Å². The van der Waals surface area contributed by atoms with Crippen LogP contribution in [0.3, 0.4) is 0 Å². The summed E-state index contributed by atoms with van der Waals surface area (Å²) in [5.41, 5.74) is 1.59. The van der Waals surface area contributed by atoms with Crippen LogP contribution in [-0.4, -0.2) is 24.7 Å². The quantitative estimate of drug-likeness (QED) is 0.779. The number of nitrogens with zero attached hydrogens (tertiary/aromatic N) is 4. The highest BCUT2D eigenvalue weighted by atomic mass is 35.5. The van der Waals surface area contributed by atoms with Crippen molar-refractivity contribution in [1.82, 2.24) is 19.6 Å². The number of benzene rings is 1. The number of halogens is 1. The molecule has 0 amide bonds. The number of fused-ring (bicyclic) bond motifs is 1. The van der Waals surface area contributed by atoms with E-state index < -0.39 is 5.60 Å². The van der Waals surface area contributed by atoms with Gasteiger partial charge in [0, 0.05) is 19.5 Å². The second-order valence-corrected chi connectivity index (χ2v) is 6.22. The van der Waals surface area contributed by atoms with E-state index in [9.17, 15) is 5.11 Å². The Morgan fingerprint density at radius 2 is 1.95 bits per heavy atom. The van der Waals surface area contributed by atoms with Crippen LogP contribution in [0.5, 0.6) is 0 Å². The zero-order chi connectivity index (χ0) is 16.1. The van der Waals surface area contributed by atoms with Gasteiger partial charge in [0.2, 0.25) is 0 Å². The Hall–Kier alpha value is -2.05. The zero-order valence-corrected chi connectivity index (χ0v) is 13.7. The third-order valence-corrected chi connectivity index (χ3v) is 4.13. The van der Waals surface area contributed by atoms with E-state index in [1.807, 2.05) is 25.2 Å². The van der Waals surface area contributed by atoms with E-state index in [2.05, 4.69) is 15.5 Å². The maximum absolute atomic E-state index is 10.1. The fourth-order valence-electron chi connectivity index (χ4n) is 2.36. The monoisotopic (exact) mass is 319 g/mol. The lowest BCUT2D eigenvalue weighted by Gasteiger charge is -2.17. The summed E-state index contributed by atoms with van der Waals surface area (Å²) in [6.07, 6.45) is 1.66. The molecule has 0 spiro atoms. The fourth-order valence-corrected chi connectivity index (χ4v) is 2.50. The van der Waals surface area contributed by atoms with Crippen molar-refractivity contribution >= 4 is 34.0 Å². The van der Waals surface area contributed by atoms with Gasteiger partial charge in [0.05, 0.1) is 23.0 Å². The minimum atomic E-state index is -0.890. The first-order chi connectivity index (χ1) is 10.3. The van der Waals surface area contributed by atoms with Crippen LogP contribution < -0.4 is 5.32 Å². The van der Waals surface area contributed by atoms with Crippen LogP contribution in [0.4, 0.5) is 11.5 Å². The molecule has 116 valence electrons. The maximum Gasteiger partial charge on any atom is 0.160 e. The first-order valence-electron chi connectivity index (χ1n) is 6.91. The summed E-state index contributed by atoms with van der Waals surface area (Å²) in [7, 11) is 3.65. The van der Waals surface area contributed by atoms with Gasteiger partial charge in [-0.25, -0.2) is 0 Å². The van der Waals surface area contributed by atoms with Gasteiger partial charge in [-0.3, -0.25) is 9.36 Å². The summed E-state index contributed by atoms with van der Waals surface area (Å²) in [5, 5.41) is 23.4. The van der Waals surface area contributed by atoms with Crippen LogP contribution in [0.2, 0.25) is 5.15 Å². The van der Waals surface area contributed by atoms with Gasteiger partial charge >= 0.3 is 0 Å². The lowest BCUT2D eigenvalue weighted by molar-refractivity contribution is 0.0787. The highest BCUT2D eigenvalue weighted by molar-refractivity contribution is 6.32. The van der Waals surface area contributed by atoms with E-state index in [4.69, 9.17) is 11.6 Å². The number of hydrogen-bond acceptors (Lipinski definition) is 4. The summed E-state index contributed by atoms with van der Waals surface area (Å²) < 4.78 is 3.36. The maximum atomic E-state index is 10.1. The molecule has 2 heterocycles. The molecule has 3 aromatic rings. The number of aliphatic hydroxyl groups is 1. The lowest BCUT2D eigenvalue weighted by Crippen LogP contribution is -2.15. The SMILES string of the molecule is Cn1ncc(Nc2nn(C)c3cc(C(C)(C)O)ccc23)c1Cl. The van der Waals surface area contributed by atoms with Crippen molar-refractivity contribution in [2.75, 3.05) is 5.32 Å². The highest BCUT2D eigenvalue weighted by Crippen LogP contribution is 2.31. The molecule has 0 bridgehead atoms. The largest absolute Gasteiger partial charge is 0.386 e. The van der Waals surface area contributed by atoms with Gasteiger partial charge in [-0.2, -0.15) is 10.2 Å². The normalized spacial score (nSPS) is 12.1. The molecule has 3 rings (SSSR count). The average Bonchev–Trinajstić information content (AvgIpc) is 2.93. The minimum absolute atomic E-state index is 0.520. The van der Waals surface area contributed by atoms with E-state index in [1.165, 1.54) is 0 Å². The zero-order valence-electron chi connectivity index (χ0n) is 12.9. The van der Waals surface area contributed by atoms with Crippen LogP contribution in [0, 0.1) is 0 Å². The third-order valence-electron chi connectivity index (χ3n) is 3.68. The second-order valence-electron chi connectivity index (χ2n) is 5.86. The van der Waals surface area contributed by atoms with Crippen molar-refractivity contribution in [3.05, 3.63) is 35.1 Å². The van der Waals surface area contributed by atoms with Crippen LogP contribution in [0.1, 0.15) is 19.4 Å². The molecule has 6 nitrogen and oxygen atoms in total. The first-order valence-corrected chi connectivity index (χ1v) is 7.29. The molecule has 0 fully saturated rings. The van der Waals surface area contributed by atoms with Gasteiger partial charge in [-0.15, -0.1) is 0 Å². The molecule has 7 heteroatoms. The minimum Gasteiger partial charge on any atom is -0.386 e. The summed E-state index contributed by atoms with van der Waals surface area (Å²) in [5.74, 6) is 0.703. The summed E-state index contributed by atoms with van der Waals surface area (Å²) in [6, 6.07) is 5.79. The molecule has 2 aromatic heterocycles. The van der Waals surface area contributed by atoms with E-state index >= 15 is 0 Å². The summed E-state index contributed by atoms with van der Waals surface area (Å²) >= 11 is 6.17. The van der Waals surface area contributed by atoms with E-state index in [0.717, 1.165) is 16.5 Å². The van der Waals surface area contributed by atoms with Crippen LogP contribution in [0.15, 0.2) is 24.4 Å². The second kappa shape index (κ2) is 5.00. The molecule has 22 heavy (non-hydrogen) atoms. The van der Waals surface area contributed by atoms with Crippen LogP contribution in [-0.2, 0) is 19.7 Å². The Kier molecular flexibility index (Phi) is 3.38. The number of hydrogen-bond donors (Lipinski definition) is 2. The molecular weight excluding hydrogens is 302 g/mol. The molecule has 0 aliphatic heterocycles. The number of aryl methyl sites for hydroxylation is 2. The lowest BCUT2D eigenvalue weighted by atomic mass is 9.97. The summed E-state index contributed by atoms with van der Waals surface area (Å²) in [4.78, 5) is 0. The van der Waals surface area contributed by atoms with Crippen molar-refractivity contribution in [2.45, 2.75) is 19.4 Å². The molecule has 0 saturated carbocycles. The molecule has 0 radical (unpaired) electrons. The standard InChI is InChI=1S/C15H18ClN5O/c1-15(2,22)9-5-6-10-12(7-9)20(3)19-14(10)18-11-8-17-21(4)13(11)16/h5-8,22H,1-4H3,(H,18,19). The number of rotatable bonds is 3. The first kappa shape index (κ1) is 14.9. The van der Waals surface area contributed by atoms with Crippen LogP contribution >= 0.6 is 11.6 Å². The van der Waals surface area contributed by atoms with Gasteiger partial charge < -0.3 is 10.4 Å². The Morgan fingerprint density at radius 3 is 2.55 bits per heavy atom. The Morgan fingerprint density at radius 1 is 1.23 bits per heavy atom. The van der Waals surface area contributed by atoms with Gasteiger partial charge in [0.15, 0.2) is 5.82 Å². The average molecular weight is 320 g/mol. The fraction of sp³-hybridized carbons (Fsp3) is 0.333. The molecule has 0 unspecified atom stereocenters. The highest BCUT2D eigenvalue weighted by Gasteiger charge is 2.19. The van der Waals surface area contributed by atoms with Crippen molar-refractivity contribution in [2.24, 2.45) is 14.1 Å². The van der Waals surface area contributed by atoms with E-state index in [0.29, 0.717) is 16.7 Å². The molecule has 0 aliphatic rings. The van der Waals surface area contributed by atoms with Crippen molar-refractivity contribution < 1.29 is 5.11 Å². The third kappa shape index (κ3) is 2.44. The van der Waals surface area contributed by atoms with Gasteiger partial charge in [0.1, 0.15) is 5.15 Å². The molecule has 0 atom stereocenters. The predicted molar refractivity (Wildman–Crippen MR) is 87.5 cm³/mol. The van der Waals surface area contributed by atoms with Gasteiger partial charge in [0.25, 0.3) is 0 Å². The van der Waals surface area contributed by atoms with E-state index in [1.54, 1.807) is 36.5 Å². The number of aromatic nitrogens is 4. The van der Waals surface area contributed by atoms with Crippen molar-refractivity contribution in [3.63, 3.8) is 0 Å². The van der Waals surface area contributed by atoms with Crippen molar-refractivity contribution in [1.29, 1.82) is 0 Å². The van der Waals surface area contributed by atoms with E-state index in [-0.39, 0.29) is 0 Å². The number of anilines is 2. The van der Waals surface area contributed by atoms with Gasteiger partial charge in [-0.1, -0.05) is 17.7 Å². The molecule has 2 N–H and O–H groups in total. The Balaban J connectivity index is 2.07. The molecule has 0 saturated heterocycles. The Bertz CT molecular complexity index is 844.